The molecule has 0 atom stereocenters. The van der Waals surface area contributed by atoms with Crippen molar-refractivity contribution in [3.63, 3.8) is 0 Å². The van der Waals surface area contributed by atoms with Crippen molar-refractivity contribution in [2.45, 2.75) is 39.5 Å². The summed E-state index contributed by atoms with van der Waals surface area (Å²) in [5.74, 6) is -0.384. The van der Waals surface area contributed by atoms with Crippen LogP contribution in [0.4, 0.5) is 0 Å². The molecule has 0 fully saturated rings. The normalized spacial score (nSPS) is 11.5. The van der Waals surface area contributed by atoms with E-state index < -0.39 is 10.0 Å². The Labute approximate surface area is 207 Å². The van der Waals surface area contributed by atoms with Crippen LogP contribution >= 0.6 is 0 Å². The molecule has 0 N–H and O–H groups in total. The van der Waals surface area contributed by atoms with E-state index in [0.717, 1.165) is 38.9 Å². The van der Waals surface area contributed by atoms with Gasteiger partial charge in [-0.3, -0.25) is 0 Å². The molecule has 0 saturated carbocycles. The molecule has 4 rings (SSSR count). The highest BCUT2D eigenvalue weighted by molar-refractivity contribution is 7.90. The molecule has 0 unspecified atom stereocenters. The van der Waals surface area contributed by atoms with Crippen LogP contribution in [-0.4, -0.2) is 25.0 Å². The molecule has 0 bridgehead atoms. The van der Waals surface area contributed by atoms with Crippen molar-refractivity contribution in [2.24, 2.45) is 0 Å². The molecule has 3 aromatic carbocycles. The topological polar surface area (TPSA) is 65.4 Å². The Morgan fingerprint density at radius 2 is 1.40 bits per heavy atom. The molecular weight excluding hydrogens is 458 g/mol. The molecule has 5 nitrogen and oxygen atoms in total. The average molecular weight is 488 g/mol. The van der Waals surface area contributed by atoms with Gasteiger partial charge in [0.25, 0.3) is 10.0 Å². The van der Waals surface area contributed by atoms with Crippen LogP contribution < -0.4 is 0 Å². The number of ether oxygens (including phenoxy) is 1. The molecule has 0 spiro atoms. The van der Waals surface area contributed by atoms with Gasteiger partial charge in [-0.25, -0.2) is 17.2 Å². The standard InChI is InChI=1S/C29H29NO4S/c1-6-34-29(31)24-11-9-23(10-12-24)25-17-27(28-21(4)15-20(3)16-22(28)5)30(18-25)35(32,33)26-13-7-19(2)8-14-26/h7-18H,6H2,1-5H3. The summed E-state index contributed by atoms with van der Waals surface area (Å²) >= 11 is 0. The Balaban J connectivity index is 1.90. The Bertz CT molecular complexity index is 1470. The van der Waals surface area contributed by atoms with E-state index in [1.54, 1.807) is 49.5 Å². The van der Waals surface area contributed by atoms with Gasteiger partial charge >= 0.3 is 5.97 Å². The fraction of sp³-hybridized carbons (Fsp3) is 0.207. The number of benzene rings is 3. The number of nitrogens with zero attached hydrogens (tertiary/aromatic N) is 1. The third kappa shape index (κ3) is 4.80. The lowest BCUT2D eigenvalue weighted by molar-refractivity contribution is 0.0526. The van der Waals surface area contributed by atoms with Crippen LogP contribution in [0.2, 0.25) is 0 Å². The SMILES string of the molecule is CCOC(=O)c1ccc(-c2cc(-c3c(C)cc(C)cc3C)n(S(=O)(=O)c3ccc(C)cc3)c2)cc1. The van der Waals surface area contributed by atoms with E-state index in [-0.39, 0.29) is 10.9 Å². The summed E-state index contributed by atoms with van der Waals surface area (Å²) in [6.07, 6.45) is 1.66. The van der Waals surface area contributed by atoms with Gasteiger partial charge in [0, 0.05) is 17.3 Å². The Morgan fingerprint density at radius 1 is 0.800 bits per heavy atom. The molecule has 6 heteroatoms. The second-order valence-electron chi connectivity index (χ2n) is 8.80. The monoisotopic (exact) mass is 487 g/mol. The lowest BCUT2D eigenvalue weighted by Crippen LogP contribution is -2.14. The van der Waals surface area contributed by atoms with Gasteiger partial charge in [-0.1, -0.05) is 47.5 Å². The van der Waals surface area contributed by atoms with Crippen molar-refractivity contribution in [3.05, 3.63) is 101 Å². The predicted molar refractivity (Wildman–Crippen MR) is 139 cm³/mol. The smallest absolute Gasteiger partial charge is 0.338 e. The van der Waals surface area contributed by atoms with Gasteiger partial charge in [-0.05, 0) is 81.6 Å². The summed E-state index contributed by atoms with van der Waals surface area (Å²) in [5.41, 5.74) is 7.61. The zero-order valence-electron chi connectivity index (χ0n) is 20.6. The van der Waals surface area contributed by atoms with Crippen LogP contribution in [0.5, 0.6) is 0 Å². The van der Waals surface area contributed by atoms with Gasteiger partial charge in [0.1, 0.15) is 0 Å². The van der Waals surface area contributed by atoms with Gasteiger partial charge < -0.3 is 4.74 Å². The van der Waals surface area contributed by atoms with Crippen molar-refractivity contribution < 1.29 is 17.9 Å². The molecule has 180 valence electrons. The second-order valence-corrected chi connectivity index (χ2v) is 10.6. The van der Waals surface area contributed by atoms with E-state index in [0.29, 0.717) is 17.9 Å². The lowest BCUT2D eigenvalue weighted by Gasteiger charge is -2.15. The Hall–Kier alpha value is -3.64. The van der Waals surface area contributed by atoms with Crippen LogP contribution in [0, 0.1) is 27.7 Å². The molecule has 35 heavy (non-hydrogen) atoms. The molecule has 4 aromatic rings. The third-order valence-corrected chi connectivity index (χ3v) is 7.71. The quantitative estimate of drug-likeness (QED) is 0.292. The summed E-state index contributed by atoms with van der Waals surface area (Å²) in [7, 11) is -3.85. The first-order chi connectivity index (χ1) is 16.6. The van der Waals surface area contributed by atoms with Crippen molar-refractivity contribution >= 4 is 16.0 Å². The van der Waals surface area contributed by atoms with Crippen LogP contribution in [0.1, 0.15) is 39.5 Å². The summed E-state index contributed by atoms with van der Waals surface area (Å²) in [6, 6.07) is 19.9. The van der Waals surface area contributed by atoms with E-state index in [9.17, 15) is 13.2 Å². The van der Waals surface area contributed by atoms with Crippen molar-refractivity contribution in [3.8, 4) is 22.4 Å². The highest BCUT2D eigenvalue weighted by Gasteiger charge is 2.24. The molecule has 1 heterocycles. The summed E-state index contributed by atoms with van der Waals surface area (Å²) < 4.78 is 34.0. The molecule has 0 aliphatic carbocycles. The molecule has 0 aliphatic rings. The lowest BCUT2D eigenvalue weighted by atomic mass is 9.97. The highest BCUT2D eigenvalue weighted by Crippen LogP contribution is 2.36. The number of hydrogen-bond donors (Lipinski definition) is 0. The summed E-state index contributed by atoms with van der Waals surface area (Å²) in [5, 5.41) is 0. The molecule has 0 radical (unpaired) electrons. The molecule has 0 aliphatic heterocycles. The van der Waals surface area contributed by atoms with Crippen LogP contribution in [0.3, 0.4) is 0 Å². The molecule has 1 aromatic heterocycles. The largest absolute Gasteiger partial charge is 0.462 e. The minimum atomic E-state index is -3.85. The fourth-order valence-corrected chi connectivity index (χ4v) is 5.77. The maximum Gasteiger partial charge on any atom is 0.338 e. The summed E-state index contributed by atoms with van der Waals surface area (Å²) in [6.45, 7) is 10.0. The first-order valence-corrected chi connectivity index (χ1v) is 13.0. The van der Waals surface area contributed by atoms with E-state index in [4.69, 9.17) is 4.74 Å². The number of rotatable bonds is 6. The average Bonchev–Trinajstić information content (AvgIpc) is 3.25. The van der Waals surface area contributed by atoms with Gasteiger partial charge in [-0.15, -0.1) is 0 Å². The predicted octanol–water partition coefficient (Wildman–Crippen LogP) is 6.47. The van der Waals surface area contributed by atoms with Gasteiger partial charge in [-0.2, -0.15) is 0 Å². The van der Waals surface area contributed by atoms with Gasteiger partial charge in [0.15, 0.2) is 0 Å². The number of hydrogen-bond acceptors (Lipinski definition) is 4. The van der Waals surface area contributed by atoms with E-state index >= 15 is 0 Å². The van der Waals surface area contributed by atoms with Crippen molar-refractivity contribution in [1.29, 1.82) is 0 Å². The maximum absolute atomic E-state index is 13.8. The van der Waals surface area contributed by atoms with Crippen molar-refractivity contribution in [1.82, 2.24) is 3.97 Å². The van der Waals surface area contributed by atoms with E-state index in [1.807, 2.05) is 45.9 Å². The molecule has 0 amide bonds. The maximum atomic E-state index is 13.8. The first kappa shape index (κ1) is 24.5. The van der Waals surface area contributed by atoms with E-state index in [1.165, 1.54) is 3.97 Å². The van der Waals surface area contributed by atoms with E-state index in [2.05, 4.69) is 12.1 Å². The number of carbonyl (C=O) groups is 1. The second kappa shape index (κ2) is 9.55. The van der Waals surface area contributed by atoms with Crippen LogP contribution in [-0.2, 0) is 14.8 Å². The highest BCUT2D eigenvalue weighted by atomic mass is 32.2. The Kier molecular flexibility index (Phi) is 6.68. The zero-order valence-corrected chi connectivity index (χ0v) is 21.4. The fourth-order valence-electron chi connectivity index (χ4n) is 4.40. The number of carbonyl (C=O) groups excluding carboxylic acids is 1. The third-order valence-electron chi connectivity index (χ3n) is 6.03. The number of esters is 1. The zero-order chi connectivity index (χ0) is 25.3. The van der Waals surface area contributed by atoms with Crippen LogP contribution in [0.15, 0.2) is 77.8 Å². The Morgan fingerprint density at radius 3 is 1.97 bits per heavy atom. The molecule has 0 saturated heterocycles. The van der Waals surface area contributed by atoms with Gasteiger partial charge in [0.05, 0.1) is 22.8 Å². The van der Waals surface area contributed by atoms with Crippen LogP contribution in [0.25, 0.3) is 22.4 Å². The minimum absolute atomic E-state index is 0.228. The molecular formula is C29H29NO4S. The first-order valence-electron chi connectivity index (χ1n) is 11.5. The number of aromatic nitrogens is 1. The summed E-state index contributed by atoms with van der Waals surface area (Å²) in [4.78, 5) is 12.3. The van der Waals surface area contributed by atoms with Crippen molar-refractivity contribution in [2.75, 3.05) is 6.61 Å². The number of aryl methyl sites for hydroxylation is 4. The minimum Gasteiger partial charge on any atom is -0.462 e. The van der Waals surface area contributed by atoms with Gasteiger partial charge in [0.2, 0.25) is 0 Å².